The molecule has 0 aromatic heterocycles. The second-order valence-corrected chi connectivity index (χ2v) is 5.03. The van der Waals surface area contributed by atoms with E-state index in [9.17, 15) is 14.0 Å². The van der Waals surface area contributed by atoms with Crippen LogP contribution in [0.1, 0.15) is 12.8 Å². The number of hydrogen-bond donors (Lipinski definition) is 3. The molecular weight excluding hydrogens is 298 g/mol. The molecule has 3 N–H and O–H groups in total. The lowest BCUT2D eigenvalue weighted by atomic mass is 10.3. The van der Waals surface area contributed by atoms with Crippen LogP contribution >= 0.6 is 23.2 Å². The average Bonchev–Trinajstić information content (AvgIpc) is 3.06. The Morgan fingerprint density at radius 2 is 1.79 bits per heavy atom. The third-order valence-corrected chi connectivity index (χ3v) is 3.30. The largest absolute Gasteiger partial charge is 0.480 e. The first-order chi connectivity index (χ1) is 8.84. The molecule has 1 aliphatic carbocycles. The maximum Gasteiger partial charge on any atom is 0.329 e. The lowest BCUT2D eigenvalue weighted by Gasteiger charge is -2.13. The molecule has 2 amide bonds. The van der Waals surface area contributed by atoms with E-state index in [1.54, 1.807) is 0 Å². The van der Waals surface area contributed by atoms with Gasteiger partial charge in [-0.25, -0.2) is 14.0 Å². The fourth-order valence-corrected chi connectivity index (χ4v) is 2.01. The fourth-order valence-electron chi connectivity index (χ4n) is 1.52. The van der Waals surface area contributed by atoms with Gasteiger partial charge in [0.25, 0.3) is 0 Å². The Kier molecular flexibility index (Phi) is 3.56. The minimum Gasteiger partial charge on any atom is -0.480 e. The molecule has 2 rings (SSSR count). The molecule has 1 aliphatic rings. The molecule has 0 aliphatic heterocycles. The molecule has 0 radical (unpaired) electrons. The molecule has 1 fully saturated rings. The van der Waals surface area contributed by atoms with Crippen LogP contribution < -0.4 is 10.6 Å². The van der Waals surface area contributed by atoms with Gasteiger partial charge in [0.1, 0.15) is 5.54 Å². The van der Waals surface area contributed by atoms with Gasteiger partial charge in [-0.1, -0.05) is 23.2 Å². The Morgan fingerprint density at radius 1 is 1.26 bits per heavy atom. The van der Waals surface area contributed by atoms with Crippen molar-refractivity contribution in [2.24, 2.45) is 0 Å². The molecule has 0 saturated heterocycles. The molecular formula is C11H9Cl2FN2O3. The van der Waals surface area contributed by atoms with Gasteiger partial charge >= 0.3 is 12.0 Å². The number of carboxylic acids is 1. The summed E-state index contributed by atoms with van der Waals surface area (Å²) in [5.74, 6) is -1.86. The summed E-state index contributed by atoms with van der Waals surface area (Å²) in [5, 5.41) is 13.1. The third kappa shape index (κ3) is 2.90. The van der Waals surface area contributed by atoms with Crippen LogP contribution in [0.15, 0.2) is 12.1 Å². The monoisotopic (exact) mass is 306 g/mol. The minimum atomic E-state index is -1.20. The predicted octanol–water partition coefficient (Wildman–Crippen LogP) is 2.87. The highest BCUT2D eigenvalue weighted by atomic mass is 35.5. The van der Waals surface area contributed by atoms with Crippen LogP contribution in [0.2, 0.25) is 10.0 Å². The smallest absolute Gasteiger partial charge is 0.329 e. The third-order valence-electron chi connectivity index (χ3n) is 2.75. The number of aliphatic carboxylic acids is 1. The van der Waals surface area contributed by atoms with Gasteiger partial charge < -0.3 is 15.7 Å². The number of halogens is 3. The van der Waals surface area contributed by atoms with Crippen LogP contribution in [-0.2, 0) is 4.79 Å². The highest BCUT2D eigenvalue weighted by Gasteiger charge is 2.51. The fraction of sp³-hybridized carbons (Fsp3) is 0.273. The van der Waals surface area contributed by atoms with Crippen molar-refractivity contribution < 1.29 is 19.1 Å². The number of rotatable bonds is 3. The van der Waals surface area contributed by atoms with Gasteiger partial charge in [0.2, 0.25) is 0 Å². The van der Waals surface area contributed by atoms with Crippen molar-refractivity contribution in [1.82, 2.24) is 5.32 Å². The number of hydrogen-bond acceptors (Lipinski definition) is 2. The summed E-state index contributed by atoms with van der Waals surface area (Å²) in [6.07, 6.45) is 0.751. The van der Waals surface area contributed by atoms with E-state index in [2.05, 4.69) is 10.6 Å². The average molecular weight is 307 g/mol. The van der Waals surface area contributed by atoms with Gasteiger partial charge in [-0.15, -0.1) is 0 Å². The van der Waals surface area contributed by atoms with Gasteiger partial charge in [0.15, 0.2) is 5.82 Å². The minimum absolute atomic E-state index is 0.176. The van der Waals surface area contributed by atoms with Crippen molar-refractivity contribution in [1.29, 1.82) is 0 Å². The maximum atomic E-state index is 13.2. The molecule has 102 valence electrons. The van der Waals surface area contributed by atoms with E-state index >= 15 is 0 Å². The van der Waals surface area contributed by atoms with Gasteiger partial charge in [-0.2, -0.15) is 0 Å². The standard InChI is InChI=1S/C11H9Cl2FN2O3/c12-6-3-5(4-7(13)8(6)14)15-10(19)16-11(1-2-11)9(17)18/h3-4H,1-2H2,(H,17,18)(H2,15,16,19). The van der Waals surface area contributed by atoms with Gasteiger partial charge in [0, 0.05) is 5.69 Å². The molecule has 0 bridgehead atoms. The highest BCUT2D eigenvalue weighted by Crippen LogP contribution is 2.35. The Balaban J connectivity index is 2.06. The molecule has 0 unspecified atom stereocenters. The van der Waals surface area contributed by atoms with Crippen molar-refractivity contribution >= 4 is 40.9 Å². The van der Waals surface area contributed by atoms with Gasteiger partial charge in [0.05, 0.1) is 10.0 Å². The molecule has 8 heteroatoms. The summed E-state index contributed by atoms with van der Waals surface area (Å²) < 4.78 is 13.2. The van der Waals surface area contributed by atoms with Crippen molar-refractivity contribution in [3.05, 3.63) is 28.0 Å². The first-order valence-electron chi connectivity index (χ1n) is 5.31. The summed E-state index contributed by atoms with van der Waals surface area (Å²) in [4.78, 5) is 22.5. The van der Waals surface area contributed by atoms with E-state index < -0.39 is 23.4 Å². The number of urea groups is 1. The number of nitrogens with one attached hydrogen (secondary N) is 2. The topological polar surface area (TPSA) is 78.4 Å². The predicted molar refractivity (Wildman–Crippen MR) is 68.2 cm³/mol. The Bertz CT molecular complexity index is 538. The molecule has 0 atom stereocenters. The second-order valence-electron chi connectivity index (χ2n) is 4.22. The molecule has 0 spiro atoms. The molecule has 5 nitrogen and oxygen atoms in total. The number of carbonyl (C=O) groups excluding carboxylic acids is 1. The maximum absolute atomic E-state index is 13.2. The zero-order chi connectivity index (χ0) is 14.2. The summed E-state index contributed by atoms with van der Waals surface area (Å²) in [6, 6.07) is 1.66. The lowest BCUT2D eigenvalue weighted by molar-refractivity contribution is -0.140. The van der Waals surface area contributed by atoms with Crippen LogP contribution in [0, 0.1) is 5.82 Å². The van der Waals surface area contributed by atoms with Gasteiger partial charge in [-0.3, -0.25) is 0 Å². The zero-order valence-corrected chi connectivity index (χ0v) is 11.0. The first kappa shape index (κ1) is 13.9. The van der Waals surface area contributed by atoms with E-state index in [-0.39, 0.29) is 15.7 Å². The van der Waals surface area contributed by atoms with Gasteiger partial charge in [-0.05, 0) is 25.0 Å². The number of benzene rings is 1. The number of carboxylic acid groups (broad SMARTS) is 1. The molecule has 1 aromatic carbocycles. The normalized spacial score (nSPS) is 15.7. The van der Waals surface area contributed by atoms with Crippen LogP contribution in [-0.4, -0.2) is 22.6 Å². The quantitative estimate of drug-likeness (QED) is 0.751. The number of amides is 2. The molecule has 1 saturated carbocycles. The highest BCUT2D eigenvalue weighted by molar-refractivity contribution is 6.35. The second kappa shape index (κ2) is 4.86. The number of anilines is 1. The number of carbonyl (C=O) groups is 2. The Labute approximate surface area is 117 Å². The van der Waals surface area contributed by atoms with Crippen LogP contribution in [0.25, 0.3) is 0 Å². The summed E-state index contributed by atoms with van der Waals surface area (Å²) in [7, 11) is 0. The van der Waals surface area contributed by atoms with E-state index in [4.69, 9.17) is 28.3 Å². The van der Waals surface area contributed by atoms with Crippen LogP contribution in [0.3, 0.4) is 0 Å². The van der Waals surface area contributed by atoms with Crippen LogP contribution in [0.5, 0.6) is 0 Å². The summed E-state index contributed by atoms with van der Waals surface area (Å²) >= 11 is 11.1. The molecule has 19 heavy (non-hydrogen) atoms. The Morgan fingerprint density at radius 3 is 2.21 bits per heavy atom. The zero-order valence-electron chi connectivity index (χ0n) is 9.47. The van der Waals surface area contributed by atoms with E-state index in [0.717, 1.165) is 0 Å². The molecule has 1 aromatic rings. The van der Waals surface area contributed by atoms with Crippen molar-refractivity contribution in [2.75, 3.05) is 5.32 Å². The summed E-state index contributed by atoms with van der Waals surface area (Å²) in [6.45, 7) is 0. The summed E-state index contributed by atoms with van der Waals surface area (Å²) in [5.41, 5.74) is -1.02. The van der Waals surface area contributed by atoms with E-state index in [0.29, 0.717) is 12.8 Å². The molecule has 0 heterocycles. The van der Waals surface area contributed by atoms with E-state index in [1.807, 2.05) is 0 Å². The SMILES string of the molecule is O=C(Nc1cc(Cl)c(F)c(Cl)c1)NC1(C(=O)O)CC1. The Hall–Kier alpha value is -1.53. The van der Waals surface area contributed by atoms with Crippen LogP contribution in [0.4, 0.5) is 14.9 Å². The van der Waals surface area contributed by atoms with Crippen molar-refractivity contribution in [2.45, 2.75) is 18.4 Å². The first-order valence-corrected chi connectivity index (χ1v) is 6.07. The van der Waals surface area contributed by atoms with Crippen molar-refractivity contribution in [3.63, 3.8) is 0 Å². The lowest BCUT2D eigenvalue weighted by Crippen LogP contribution is -2.45. The van der Waals surface area contributed by atoms with E-state index in [1.165, 1.54) is 12.1 Å². The van der Waals surface area contributed by atoms with Crippen molar-refractivity contribution in [3.8, 4) is 0 Å².